The van der Waals surface area contributed by atoms with Gasteiger partial charge in [-0.3, -0.25) is 25.0 Å². The van der Waals surface area contributed by atoms with Crippen molar-refractivity contribution in [2.45, 2.75) is 26.2 Å². The molecule has 2 rings (SSSR count). The van der Waals surface area contributed by atoms with Gasteiger partial charge in [0, 0.05) is 17.8 Å². The summed E-state index contributed by atoms with van der Waals surface area (Å²) >= 11 is 0. The maximum Gasteiger partial charge on any atom is 0.277 e. The van der Waals surface area contributed by atoms with Crippen molar-refractivity contribution in [3.63, 3.8) is 0 Å². The quantitative estimate of drug-likeness (QED) is 0.621. The number of anilines is 1. The minimum absolute atomic E-state index is 0.146. The second-order valence-corrected chi connectivity index (χ2v) is 5.64. The van der Waals surface area contributed by atoms with Crippen LogP contribution >= 0.6 is 0 Å². The Hall–Kier alpha value is -3.29. The predicted octanol–water partition coefficient (Wildman–Crippen LogP) is 4.27. The van der Waals surface area contributed by atoms with E-state index in [-0.39, 0.29) is 5.56 Å². The highest BCUT2D eigenvalue weighted by molar-refractivity contribution is 6.05. The predicted molar refractivity (Wildman–Crippen MR) is 92.9 cm³/mol. The van der Waals surface area contributed by atoms with E-state index < -0.39 is 27.1 Å². The van der Waals surface area contributed by atoms with Gasteiger partial charge in [-0.2, -0.15) is 0 Å². The number of non-ortho nitro benzene ring substituents is 2. The average Bonchev–Trinajstić information content (AvgIpc) is 2.61. The minimum Gasteiger partial charge on any atom is -0.322 e. The second kappa shape index (κ2) is 7.52. The Kier molecular flexibility index (Phi) is 5.43. The monoisotopic (exact) mass is 343 g/mol. The Morgan fingerprint density at radius 3 is 2.00 bits per heavy atom. The molecule has 0 fully saturated rings. The van der Waals surface area contributed by atoms with E-state index in [4.69, 9.17) is 0 Å². The Morgan fingerprint density at radius 2 is 1.56 bits per heavy atom. The van der Waals surface area contributed by atoms with Crippen LogP contribution in [0.15, 0.2) is 42.5 Å². The standard InChI is InChI=1S/C17H17N3O5/c1-3-11(2)12-4-6-14(7-5-12)18-17(21)13-8-15(19(22)23)10-16(9-13)20(24)25/h4-11H,3H2,1-2H3,(H,18,21)/t11-/m0/s1. The summed E-state index contributed by atoms with van der Waals surface area (Å²) in [6, 6.07) is 10.1. The van der Waals surface area contributed by atoms with Crippen molar-refractivity contribution in [3.05, 3.63) is 73.8 Å². The van der Waals surface area contributed by atoms with Crippen LogP contribution in [0, 0.1) is 20.2 Å². The van der Waals surface area contributed by atoms with E-state index in [1.807, 2.05) is 12.1 Å². The maximum atomic E-state index is 12.3. The van der Waals surface area contributed by atoms with Crippen LogP contribution in [0.1, 0.15) is 42.1 Å². The molecule has 130 valence electrons. The molecule has 0 aliphatic rings. The molecule has 0 saturated carbocycles. The number of rotatable bonds is 6. The van der Waals surface area contributed by atoms with Gasteiger partial charge < -0.3 is 5.32 Å². The van der Waals surface area contributed by atoms with Crippen molar-refractivity contribution in [1.82, 2.24) is 0 Å². The zero-order valence-electron chi connectivity index (χ0n) is 13.8. The van der Waals surface area contributed by atoms with Crippen LogP contribution in [0.25, 0.3) is 0 Å². The molecule has 0 aliphatic carbocycles. The summed E-state index contributed by atoms with van der Waals surface area (Å²) in [5.74, 6) is -0.257. The van der Waals surface area contributed by atoms with Gasteiger partial charge in [0.25, 0.3) is 17.3 Å². The molecule has 2 aromatic rings. The molecule has 1 atom stereocenters. The first kappa shape index (κ1) is 18.1. The van der Waals surface area contributed by atoms with Gasteiger partial charge in [-0.05, 0) is 30.0 Å². The lowest BCUT2D eigenvalue weighted by atomic mass is 9.98. The Morgan fingerprint density at radius 1 is 1.04 bits per heavy atom. The number of benzene rings is 2. The number of nitro groups is 2. The average molecular weight is 343 g/mol. The number of carbonyl (C=O) groups is 1. The van der Waals surface area contributed by atoms with Crippen LogP contribution in [0.4, 0.5) is 17.1 Å². The molecule has 0 spiro atoms. The Bertz CT molecular complexity index is 785. The van der Waals surface area contributed by atoms with Crippen molar-refractivity contribution in [3.8, 4) is 0 Å². The molecule has 0 saturated heterocycles. The van der Waals surface area contributed by atoms with E-state index in [1.165, 1.54) is 0 Å². The molecule has 1 amide bonds. The molecule has 0 bridgehead atoms. The van der Waals surface area contributed by atoms with Gasteiger partial charge in [-0.15, -0.1) is 0 Å². The number of hydrogen-bond donors (Lipinski definition) is 1. The van der Waals surface area contributed by atoms with Gasteiger partial charge in [0.05, 0.1) is 21.5 Å². The molecule has 8 heteroatoms. The first-order valence-electron chi connectivity index (χ1n) is 7.67. The topological polar surface area (TPSA) is 115 Å². The van der Waals surface area contributed by atoms with Crippen LogP contribution in [-0.2, 0) is 0 Å². The lowest BCUT2D eigenvalue weighted by Crippen LogP contribution is -2.12. The summed E-state index contributed by atoms with van der Waals surface area (Å²) in [6.07, 6.45) is 0.989. The van der Waals surface area contributed by atoms with Crippen LogP contribution in [0.2, 0.25) is 0 Å². The normalized spacial score (nSPS) is 11.6. The first-order chi connectivity index (χ1) is 11.8. The Labute approximate surface area is 143 Å². The van der Waals surface area contributed by atoms with E-state index >= 15 is 0 Å². The third-order valence-corrected chi connectivity index (χ3v) is 3.94. The highest BCUT2D eigenvalue weighted by Gasteiger charge is 2.20. The summed E-state index contributed by atoms with van der Waals surface area (Å²) in [7, 11) is 0. The van der Waals surface area contributed by atoms with Gasteiger partial charge in [-0.25, -0.2) is 0 Å². The molecule has 25 heavy (non-hydrogen) atoms. The van der Waals surface area contributed by atoms with Crippen LogP contribution in [-0.4, -0.2) is 15.8 Å². The lowest BCUT2D eigenvalue weighted by molar-refractivity contribution is -0.394. The largest absolute Gasteiger partial charge is 0.322 e. The zero-order chi connectivity index (χ0) is 18.6. The molecule has 0 unspecified atom stereocenters. The smallest absolute Gasteiger partial charge is 0.277 e. The second-order valence-electron chi connectivity index (χ2n) is 5.64. The van der Waals surface area contributed by atoms with E-state index in [1.54, 1.807) is 12.1 Å². The molecule has 0 radical (unpaired) electrons. The van der Waals surface area contributed by atoms with E-state index in [0.717, 1.165) is 30.2 Å². The first-order valence-corrected chi connectivity index (χ1v) is 7.67. The molecule has 0 aliphatic heterocycles. The van der Waals surface area contributed by atoms with Gasteiger partial charge >= 0.3 is 0 Å². The molecule has 0 heterocycles. The number of hydrogen-bond acceptors (Lipinski definition) is 5. The number of nitrogens with zero attached hydrogens (tertiary/aromatic N) is 2. The number of nitrogens with one attached hydrogen (secondary N) is 1. The van der Waals surface area contributed by atoms with Gasteiger partial charge in [0.1, 0.15) is 0 Å². The number of amides is 1. The highest BCUT2D eigenvalue weighted by atomic mass is 16.6. The highest BCUT2D eigenvalue weighted by Crippen LogP contribution is 2.24. The Balaban J connectivity index is 2.25. The van der Waals surface area contributed by atoms with Crippen LogP contribution < -0.4 is 5.32 Å². The maximum absolute atomic E-state index is 12.3. The van der Waals surface area contributed by atoms with Crippen molar-refractivity contribution in [2.24, 2.45) is 0 Å². The van der Waals surface area contributed by atoms with Crippen molar-refractivity contribution in [2.75, 3.05) is 5.32 Å². The third kappa shape index (κ3) is 4.37. The van der Waals surface area contributed by atoms with Gasteiger partial charge in [0.15, 0.2) is 0 Å². The molecule has 2 aromatic carbocycles. The summed E-state index contributed by atoms with van der Waals surface area (Å²) in [6.45, 7) is 4.17. The van der Waals surface area contributed by atoms with Crippen molar-refractivity contribution >= 4 is 23.0 Å². The fourth-order valence-electron chi connectivity index (χ4n) is 2.27. The number of carbonyl (C=O) groups excluding carboxylic acids is 1. The fourth-order valence-corrected chi connectivity index (χ4v) is 2.27. The third-order valence-electron chi connectivity index (χ3n) is 3.94. The fraction of sp³-hybridized carbons (Fsp3) is 0.235. The van der Waals surface area contributed by atoms with Gasteiger partial charge in [0.2, 0.25) is 0 Å². The van der Waals surface area contributed by atoms with E-state index in [2.05, 4.69) is 19.2 Å². The van der Waals surface area contributed by atoms with Gasteiger partial charge in [-0.1, -0.05) is 26.0 Å². The molecule has 1 N–H and O–H groups in total. The van der Waals surface area contributed by atoms with Crippen LogP contribution in [0.3, 0.4) is 0 Å². The molecular weight excluding hydrogens is 326 g/mol. The molecule has 0 aromatic heterocycles. The SMILES string of the molecule is CC[C@H](C)c1ccc(NC(=O)c2cc([N+](=O)[O-])cc([N+](=O)[O-])c2)cc1. The summed E-state index contributed by atoms with van der Waals surface area (Å²) < 4.78 is 0. The van der Waals surface area contributed by atoms with Crippen LogP contribution in [0.5, 0.6) is 0 Å². The number of nitro benzene ring substituents is 2. The summed E-state index contributed by atoms with van der Waals surface area (Å²) in [4.78, 5) is 32.5. The lowest BCUT2D eigenvalue weighted by Gasteiger charge is -2.10. The summed E-state index contributed by atoms with van der Waals surface area (Å²) in [5, 5.41) is 24.4. The van der Waals surface area contributed by atoms with E-state index in [9.17, 15) is 25.0 Å². The molecule has 8 nitrogen and oxygen atoms in total. The minimum atomic E-state index is -0.773. The van der Waals surface area contributed by atoms with Crippen molar-refractivity contribution < 1.29 is 14.6 Å². The summed E-state index contributed by atoms with van der Waals surface area (Å²) in [5.41, 5.74) is 0.475. The van der Waals surface area contributed by atoms with Crippen molar-refractivity contribution in [1.29, 1.82) is 0 Å². The van der Waals surface area contributed by atoms with E-state index in [0.29, 0.717) is 11.6 Å². The molecular formula is C17H17N3O5. The zero-order valence-corrected chi connectivity index (χ0v) is 13.8.